The molecule has 0 radical (unpaired) electrons. The lowest BCUT2D eigenvalue weighted by atomic mass is 10.2. The molecule has 94 valence electrons. The summed E-state index contributed by atoms with van der Waals surface area (Å²) in [5.41, 5.74) is 0.278. The maximum absolute atomic E-state index is 11.5. The molecular weight excluding hydrogens is 248 g/mol. The van der Waals surface area contributed by atoms with Gasteiger partial charge in [-0.2, -0.15) is 0 Å². The van der Waals surface area contributed by atoms with Crippen molar-refractivity contribution in [3.8, 4) is 17.2 Å². The minimum absolute atomic E-state index is 0.213. The summed E-state index contributed by atoms with van der Waals surface area (Å²) in [6, 6.07) is 2.78. The molecule has 0 aliphatic carbocycles. The highest BCUT2D eigenvalue weighted by Crippen LogP contribution is 2.38. The van der Waals surface area contributed by atoms with E-state index in [1.807, 2.05) is 0 Å². The van der Waals surface area contributed by atoms with E-state index in [4.69, 9.17) is 25.8 Å². The second-order valence-electron chi connectivity index (χ2n) is 2.95. The maximum Gasteiger partial charge on any atom is 0.339 e. The number of halogens is 1. The van der Waals surface area contributed by atoms with E-state index in [2.05, 4.69) is 4.74 Å². The number of rotatable bonds is 5. The fourth-order valence-corrected chi connectivity index (χ4v) is 1.43. The topological polar surface area (TPSA) is 54.0 Å². The number of alkyl halides is 1. The van der Waals surface area contributed by atoms with E-state index in [0.29, 0.717) is 17.2 Å². The lowest BCUT2D eigenvalue weighted by molar-refractivity contribution is 0.0573. The molecule has 0 aliphatic heterocycles. The lowest BCUT2D eigenvalue weighted by Gasteiger charge is -2.13. The van der Waals surface area contributed by atoms with Crippen molar-refractivity contribution in [2.24, 2.45) is 0 Å². The largest absolute Gasteiger partial charge is 0.493 e. The molecule has 0 atom stereocenters. The molecule has 0 aromatic heterocycles. The molecular formula is C11H13ClO5. The van der Waals surface area contributed by atoms with Gasteiger partial charge in [-0.25, -0.2) is 4.79 Å². The van der Waals surface area contributed by atoms with Crippen molar-refractivity contribution in [2.75, 3.05) is 27.4 Å². The Kier molecular flexibility index (Phi) is 4.90. The third-order valence-electron chi connectivity index (χ3n) is 2.09. The van der Waals surface area contributed by atoms with E-state index in [1.165, 1.54) is 33.5 Å². The summed E-state index contributed by atoms with van der Waals surface area (Å²) in [6.45, 7) is 0. The number of carbonyl (C=O) groups is 1. The molecule has 17 heavy (non-hydrogen) atoms. The second-order valence-corrected chi connectivity index (χ2v) is 3.17. The Bertz CT molecular complexity index is 380. The van der Waals surface area contributed by atoms with Crippen molar-refractivity contribution >= 4 is 17.6 Å². The van der Waals surface area contributed by atoms with Gasteiger partial charge in [-0.05, 0) is 12.1 Å². The van der Waals surface area contributed by atoms with E-state index in [-0.39, 0.29) is 11.6 Å². The number of methoxy groups -OCH3 is 3. The zero-order chi connectivity index (χ0) is 12.8. The maximum atomic E-state index is 11.5. The van der Waals surface area contributed by atoms with Gasteiger partial charge >= 0.3 is 5.97 Å². The highest BCUT2D eigenvalue weighted by atomic mass is 35.5. The van der Waals surface area contributed by atoms with Crippen LogP contribution < -0.4 is 14.2 Å². The third kappa shape index (κ3) is 2.94. The van der Waals surface area contributed by atoms with Crippen LogP contribution in [0.5, 0.6) is 17.2 Å². The Balaban J connectivity index is 3.22. The van der Waals surface area contributed by atoms with Crippen LogP contribution in [0.4, 0.5) is 0 Å². The van der Waals surface area contributed by atoms with Crippen molar-refractivity contribution in [1.82, 2.24) is 0 Å². The predicted octanol–water partition coefficient (Wildman–Crippen LogP) is 2.07. The molecule has 0 saturated carbocycles. The van der Waals surface area contributed by atoms with Crippen LogP contribution in [-0.2, 0) is 4.74 Å². The number of esters is 1. The predicted molar refractivity (Wildman–Crippen MR) is 62.2 cm³/mol. The van der Waals surface area contributed by atoms with E-state index in [0.717, 1.165) is 0 Å². The zero-order valence-electron chi connectivity index (χ0n) is 9.78. The number of hydrogen-bond acceptors (Lipinski definition) is 5. The number of benzene rings is 1. The fourth-order valence-electron chi connectivity index (χ4n) is 1.33. The number of hydrogen-bond donors (Lipinski definition) is 0. The summed E-state index contributed by atoms with van der Waals surface area (Å²) in [6.07, 6.45) is 0. The van der Waals surface area contributed by atoms with Crippen LogP contribution in [0.1, 0.15) is 10.4 Å². The molecule has 1 rings (SSSR count). The first-order valence-corrected chi connectivity index (χ1v) is 5.24. The van der Waals surface area contributed by atoms with Gasteiger partial charge in [0.25, 0.3) is 0 Å². The average Bonchev–Trinajstić information content (AvgIpc) is 2.37. The van der Waals surface area contributed by atoms with Crippen molar-refractivity contribution in [3.63, 3.8) is 0 Å². The van der Waals surface area contributed by atoms with Crippen LogP contribution in [0.3, 0.4) is 0 Å². The summed E-state index contributed by atoms with van der Waals surface area (Å²) in [4.78, 5) is 11.5. The molecule has 0 spiro atoms. The Hall–Kier alpha value is -1.62. The van der Waals surface area contributed by atoms with Crippen molar-refractivity contribution < 1.29 is 23.7 Å². The van der Waals surface area contributed by atoms with E-state index >= 15 is 0 Å². The molecule has 1 aromatic rings. The number of ether oxygens (including phenoxy) is 4. The molecule has 0 saturated heterocycles. The van der Waals surface area contributed by atoms with Gasteiger partial charge in [0.05, 0.1) is 26.9 Å². The minimum Gasteiger partial charge on any atom is -0.493 e. The van der Waals surface area contributed by atoms with Crippen LogP contribution in [-0.4, -0.2) is 33.4 Å². The van der Waals surface area contributed by atoms with Gasteiger partial charge in [0.15, 0.2) is 17.6 Å². The standard InChI is InChI=1S/C11H13ClO5/c1-14-8-4-7(11(13)17-6-12)5-9(15-2)10(8)16-3/h4-5H,6H2,1-3H3. The first kappa shape index (κ1) is 13.4. The third-order valence-corrected chi connectivity index (χ3v) is 2.20. The number of carbonyl (C=O) groups excluding carboxylic acids is 1. The lowest BCUT2D eigenvalue weighted by Crippen LogP contribution is -2.05. The Morgan fingerprint density at radius 2 is 1.65 bits per heavy atom. The van der Waals surface area contributed by atoms with Gasteiger partial charge in [0, 0.05) is 0 Å². The Morgan fingerprint density at radius 1 is 1.12 bits per heavy atom. The highest BCUT2D eigenvalue weighted by Gasteiger charge is 2.17. The quantitative estimate of drug-likeness (QED) is 0.599. The molecule has 0 bridgehead atoms. The second kappa shape index (κ2) is 6.20. The van der Waals surface area contributed by atoms with Gasteiger partial charge in [0.2, 0.25) is 5.75 Å². The summed E-state index contributed by atoms with van der Waals surface area (Å²) >= 11 is 5.32. The normalized spacial score (nSPS) is 9.65. The van der Waals surface area contributed by atoms with E-state index in [1.54, 1.807) is 0 Å². The van der Waals surface area contributed by atoms with Crippen molar-refractivity contribution in [3.05, 3.63) is 17.7 Å². The fraction of sp³-hybridized carbons (Fsp3) is 0.364. The SMILES string of the molecule is COc1cc(C(=O)OCCl)cc(OC)c1OC. The van der Waals surface area contributed by atoms with Crippen LogP contribution in [0, 0.1) is 0 Å². The van der Waals surface area contributed by atoms with Gasteiger partial charge in [0.1, 0.15) is 0 Å². The molecule has 0 heterocycles. The highest BCUT2D eigenvalue weighted by molar-refractivity contribution is 6.17. The molecule has 0 N–H and O–H groups in total. The minimum atomic E-state index is -0.556. The van der Waals surface area contributed by atoms with Crippen LogP contribution in [0.25, 0.3) is 0 Å². The summed E-state index contributed by atoms with van der Waals surface area (Å²) in [5, 5.41) is 0. The van der Waals surface area contributed by atoms with Gasteiger partial charge in [-0.15, -0.1) is 0 Å². The van der Waals surface area contributed by atoms with Crippen LogP contribution >= 0.6 is 11.6 Å². The molecule has 0 amide bonds. The van der Waals surface area contributed by atoms with Crippen molar-refractivity contribution in [1.29, 1.82) is 0 Å². The van der Waals surface area contributed by atoms with Crippen LogP contribution in [0.2, 0.25) is 0 Å². The molecule has 1 aromatic carbocycles. The summed E-state index contributed by atoms with van der Waals surface area (Å²) < 4.78 is 20.0. The van der Waals surface area contributed by atoms with E-state index < -0.39 is 5.97 Å². The molecule has 0 unspecified atom stereocenters. The Morgan fingerprint density at radius 3 is 2.00 bits per heavy atom. The summed E-state index contributed by atoms with van der Waals surface area (Å²) in [7, 11) is 4.42. The van der Waals surface area contributed by atoms with Crippen molar-refractivity contribution in [2.45, 2.75) is 0 Å². The van der Waals surface area contributed by atoms with Crippen LogP contribution in [0.15, 0.2) is 12.1 Å². The molecule has 0 aliphatic rings. The monoisotopic (exact) mass is 260 g/mol. The average molecular weight is 261 g/mol. The van der Waals surface area contributed by atoms with Gasteiger partial charge < -0.3 is 18.9 Å². The Labute approximate surface area is 104 Å². The molecule has 6 heteroatoms. The summed E-state index contributed by atoms with van der Waals surface area (Å²) in [5.74, 6) is 0.624. The zero-order valence-corrected chi connectivity index (χ0v) is 10.5. The smallest absolute Gasteiger partial charge is 0.339 e. The van der Waals surface area contributed by atoms with Gasteiger partial charge in [-0.3, -0.25) is 0 Å². The van der Waals surface area contributed by atoms with Gasteiger partial charge in [-0.1, -0.05) is 11.6 Å². The first-order valence-electron chi connectivity index (χ1n) is 4.71. The van der Waals surface area contributed by atoms with E-state index in [9.17, 15) is 4.79 Å². The first-order chi connectivity index (χ1) is 8.17. The molecule has 0 fully saturated rings. The molecule has 5 nitrogen and oxygen atoms in total.